The third kappa shape index (κ3) is 5.33. The summed E-state index contributed by atoms with van der Waals surface area (Å²) in [5.74, 6) is -1.22. The van der Waals surface area contributed by atoms with Crippen LogP contribution in [0.15, 0.2) is 59.2 Å². The molecule has 0 saturated heterocycles. The Hall–Kier alpha value is -2.46. The molecule has 0 radical (unpaired) electrons. The molecule has 0 fully saturated rings. The van der Waals surface area contributed by atoms with Crippen molar-refractivity contribution in [2.45, 2.75) is 18.8 Å². The second kappa shape index (κ2) is 9.36. The van der Waals surface area contributed by atoms with E-state index < -0.39 is 24.4 Å². The number of hydrogen-bond acceptors (Lipinski definition) is 6. The van der Waals surface area contributed by atoms with Crippen LogP contribution in [0, 0.1) is 0 Å². The highest BCUT2D eigenvalue weighted by atomic mass is 32.2. The van der Waals surface area contributed by atoms with Crippen molar-refractivity contribution in [3.05, 3.63) is 65.9 Å². The molecular formula is C20H23BN2O5S. The Labute approximate surface area is 172 Å². The van der Waals surface area contributed by atoms with Crippen LogP contribution in [-0.4, -0.2) is 46.9 Å². The zero-order valence-electron chi connectivity index (χ0n) is 16.2. The molecule has 0 bridgehead atoms. The van der Waals surface area contributed by atoms with Crippen molar-refractivity contribution in [3.8, 4) is 0 Å². The lowest BCUT2D eigenvalue weighted by molar-refractivity contribution is -0.120. The van der Waals surface area contributed by atoms with Gasteiger partial charge in [0, 0.05) is 5.39 Å². The Bertz CT molecular complexity index is 978. The van der Waals surface area contributed by atoms with Gasteiger partial charge in [0.1, 0.15) is 11.8 Å². The van der Waals surface area contributed by atoms with Crippen LogP contribution in [0.5, 0.6) is 0 Å². The number of benzene rings is 2. The number of carbonyl (C=O) groups is 1. The summed E-state index contributed by atoms with van der Waals surface area (Å²) < 4.78 is 18.7. The fourth-order valence-corrected chi connectivity index (χ4v) is 3.52. The lowest BCUT2D eigenvalue weighted by Gasteiger charge is -2.20. The Kier molecular flexibility index (Phi) is 6.86. The number of furan rings is 1. The van der Waals surface area contributed by atoms with Gasteiger partial charge in [-0.1, -0.05) is 30.3 Å². The fraction of sp³-hybridized carbons (Fsp3) is 0.250. The van der Waals surface area contributed by atoms with Crippen molar-refractivity contribution in [1.29, 1.82) is 0 Å². The summed E-state index contributed by atoms with van der Waals surface area (Å²) in [4.78, 5) is 12.5. The molecule has 1 heterocycles. The molecule has 9 heteroatoms. The summed E-state index contributed by atoms with van der Waals surface area (Å²) in [5, 5.41) is 23.0. The highest BCUT2D eigenvalue weighted by molar-refractivity contribution is 7.92. The summed E-state index contributed by atoms with van der Waals surface area (Å²) >= 11 is -1.17. The third-order valence-electron chi connectivity index (χ3n) is 4.73. The molecule has 0 aliphatic heterocycles. The SMILES string of the molecule is CN(c1cccc(CC(=O)N[C@@H](Cc2coc3ccccc23)B(O)O)c1)[S+](C)[O-]. The van der Waals surface area contributed by atoms with Gasteiger partial charge in [0.25, 0.3) is 0 Å². The van der Waals surface area contributed by atoms with E-state index in [4.69, 9.17) is 4.42 Å². The quantitative estimate of drug-likeness (QED) is 0.380. The Morgan fingerprint density at radius 3 is 2.76 bits per heavy atom. The van der Waals surface area contributed by atoms with E-state index in [1.54, 1.807) is 42.1 Å². The van der Waals surface area contributed by atoms with Crippen molar-refractivity contribution in [2.75, 3.05) is 17.6 Å². The minimum absolute atomic E-state index is 0.0629. The van der Waals surface area contributed by atoms with Gasteiger partial charge in [-0.25, -0.2) is 0 Å². The predicted molar refractivity (Wildman–Crippen MR) is 115 cm³/mol. The molecule has 0 aliphatic carbocycles. The molecule has 2 atom stereocenters. The first-order valence-corrected chi connectivity index (χ1v) is 10.6. The monoisotopic (exact) mass is 414 g/mol. The van der Waals surface area contributed by atoms with E-state index in [1.165, 1.54) is 0 Å². The third-order valence-corrected chi connectivity index (χ3v) is 5.71. The number of nitrogens with zero attached hydrogens (tertiary/aromatic N) is 1. The van der Waals surface area contributed by atoms with E-state index in [-0.39, 0.29) is 18.7 Å². The summed E-state index contributed by atoms with van der Waals surface area (Å²) in [6, 6.07) is 14.6. The zero-order valence-corrected chi connectivity index (χ0v) is 17.1. The van der Waals surface area contributed by atoms with Gasteiger partial charge in [0.05, 0.1) is 42.7 Å². The summed E-state index contributed by atoms with van der Waals surface area (Å²) in [6.45, 7) is 0. The topological polar surface area (TPSA) is 109 Å². The molecule has 3 rings (SSSR count). The van der Waals surface area contributed by atoms with Gasteiger partial charge in [0.15, 0.2) is 0 Å². The van der Waals surface area contributed by atoms with E-state index in [0.29, 0.717) is 5.58 Å². The van der Waals surface area contributed by atoms with Crippen LogP contribution in [0.4, 0.5) is 5.69 Å². The number of para-hydroxylation sites is 1. The number of nitrogens with one attached hydrogen (secondary N) is 1. The maximum Gasteiger partial charge on any atom is 0.475 e. The molecule has 29 heavy (non-hydrogen) atoms. The molecule has 0 spiro atoms. The molecule has 7 nitrogen and oxygen atoms in total. The number of hydrogen-bond donors (Lipinski definition) is 3. The molecule has 0 saturated carbocycles. The highest BCUT2D eigenvalue weighted by Gasteiger charge is 2.27. The van der Waals surface area contributed by atoms with Crippen molar-refractivity contribution in [2.24, 2.45) is 0 Å². The Balaban J connectivity index is 1.68. The molecule has 1 amide bonds. The molecule has 152 valence electrons. The second-order valence-electron chi connectivity index (χ2n) is 6.82. The lowest BCUT2D eigenvalue weighted by atomic mass is 9.75. The van der Waals surface area contributed by atoms with Crippen LogP contribution in [0.2, 0.25) is 0 Å². The minimum atomic E-state index is -1.72. The van der Waals surface area contributed by atoms with Crippen LogP contribution in [0.3, 0.4) is 0 Å². The van der Waals surface area contributed by atoms with Gasteiger partial charge >= 0.3 is 7.12 Å². The van der Waals surface area contributed by atoms with Gasteiger partial charge in [-0.2, -0.15) is 4.31 Å². The smallest absolute Gasteiger partial charge is 0.475 e. The van der Waals surface area contributed by atoms with Crippen LogP contribution >= 0.6 is 0 Å². The Morgan fingerprint density at radius 2 is 2.03 bits per heavy atom. The standard InChI is InChI=1S/C20H23BN2O5S/c1-23(29(2)27)16-7-5-6-14(10-16)11-20(24)22-19(21(25)26)12-15-13-28-18-9-4-3-8-17(15)18/h3-10,13,19,25-26H,11-12H2,1-2H3,(H,22,24)/t19-,29?/m0/s1. The van der Waals surface area contributed by atoms with Crippen LogP contribution in [0.1, 0.15) is 11.1 Å². The van der Waals surface area contributed by atoms with Crippen LogP contribution < -0.4 is 9.62 Å². The first-order valence-electron chi connectivity index (χ1n) is 9.12. The first-order chi connectivity index (χ1) is 13.8. The predicted octanol–water partition coefficient (Wildman–Crippen LogP) is 1.44. The fourth-order valence-electron chi connectivity index (χ4n) is 3.11. The lowest BCUT2D eigenvalue weighted by Crippen LogP contribution is -2.48. The average molecular weight is 414 g/mol. The number of carbonyl (C=O) groups excluding carboxylic acids is 1. The van der Waals surface area contributed by atoms with Crippen molar-refractivity contribution in [1.82, 2.24) is 5.32 Å². The molecule has 2 aromatic carbocycles. The summed E-state index contributed by atoms with van der Waals surface area (Å²) in [7, 11) is -0.00420. The number of amides is 1. The number of fused-ring (bicyclic) bond motifs is 1. The summed E-state index contributed by atoms with van der Waals surface area (Å²) in [6.07, 6.45) is 3.42. The maximum atomic E-state index is 12.5. The maximum absolute atomic E-state index is 12.5. The van der Waals surface area contributed by atoms with Crippen LogP contribution in [0.25, 0.3) is 11.0 Å². The van der Waals surface area contributed by atoms with E-state index in [1.807, 2.05) is 30.3 Å². The number of rotatable bonds is 8. The molecule has 0 aliphatic rings. The van der Waals surface area contributed by atoms with Gasteiger partial charge < -0.3 is 24.3 Å². The van der Waals surface area contributed by atoms with E-state index in [2.05, 4.69) is 5.32 Å². The van der Waals surface area contributed by atoms with Gasteiger partial charge in [-0.05, 0) is 35.7 Å². The van der Waals surface area contributed by atoms with Crippen LogP contribution in [-0.2, 0) is 29.0 Å². The Morgan fingerprint density at radius 1 is 1.28 bits per heavy atom. The van der Waals surface area contributed by atoms with E-state index >= 15 is 0 Å². The van der Waals surface area contributed by atoms with Crippen molar-refractivity contribution >= 4 is 41.0 Å². The molecule has 3 N–H and O–H groups in total. The number of anilines is 1. The van der Waals surface area contributed by atoms with Crippen molar-refractivity contribution in [3.63, 3.8) is 0 Å². The van der Waals surface area contributed by atoms with E-state index in [0.717, 1.165) is 22.2 Å². The molecule has 3 aromatic rings. The van der Waals surface area contributed by atoms with Crippen molar-refractivity contribution < 1.29 is 23.8 Å². The zero-order chi connectivity index (χ0) is 21.0. The normalized spacial score (nSPS) is 13.1. The van der Waals surface area contributed by atoms with Gasteiger partial charge in [0.2, 0.25) is 5.91 Å². The minimum Gasteiger partial charge on any atom is -0.593 e. The van der Waals surface area contributed by atoms with E-state index in [9.17, 15) is 19.4 Å². The molecule has 1 aromatic heterocycles. The summed E-state index contributed by atoms with van der Waals surface area (Å²) in [5.41, 5.74) is 2.96. The average Bonchev–Trinajstić information content (AvgIpc) is 3.10. The van der Waals surface area contributed by atoms with Gasteiger partial charge in [-0.15, -0.1) is 0 Å². The molecular weight excluding hydrogens is 391 g/mol. The molecule has 1 unspecified atom stereocenters. The first kappa shape index (κ1) is 21.3. The highest BCUT2D eigenvalue weighted by Crippen LogP contribution is 2.22. The second-order valence-corrected chi connectivity index (χ2v) is 8.21. The van der Waals surface area contributed by atoms with Gasteiger partial charge in [-0.3, -0.25) is 4.79 Å². The largest absolute Gasteiger partial charge is 0.593 e.